The van der Waals surface area contributed by atoms with Crippen LogP contribution in [-0.2, 0) is 6.18 Å². The fraction of sp³-hybridized carbons (Fsp3) is 0.526. The summed E-state index contributed by atoms with van der Waals surface area (Å²) in [6.07, 6.45) is 3.33. The molecule has 1 N–H and O–H groups in total. The van der Waals surface area contributed by atoms with Crippen molar-refractivity contribution in [3.8, 4) is 5.88 Å². The lowest BCUT2D eigenvalue weighted by molar-refractivity contribution is -0.139. The summed E-state index contributed by atoms with van der Waals surface area (Å²) in [4.78, 5) is 14.3. The zero-order valence-electron chi connectivity index (χ0n) is 16.8. The molecular formula is C19H26F3IN6O. The van der Waals surface area contributed by atoms with E-state index in [2.05, 4.69) is 36.7 Å². The van der Waals surface area contributed by atoms with Crippen molar-refractivity contribution in [1.29, 1.82) is 0 Å². The van der Waals surface area contributed by atoms with Crippen LogP contribution >= 0.6 is 24.0 Å². The summed E-state index contributed by atoms with van der Waals surface area (Å²) in [5.41, 5.74) is -0.877. The maximum absolute atomic E-state index is 13.0. The Balaban J connectivity index is 0.00000320. The molecule has 0 spiro atoms. The van der Waals surface area contributed by atoms with Gasteiger partial charge in [0.1, 0.15) is 12.2 Å². The number of piperidine rings is 1. The number of imidazole rings is 1. The van der Waals surface area contributed by atoms with Crippen molar-refractivity contribution in [2.24, 2.45) is 10.9 Å². The normalized spacial score (nSPS) is 19.9. The van der Waals surface area contributed by atoms with E-state index in [9.17, 15) is 13.2 Å². The van der Waals surface area contributed by atoms with Crippen molar-refractivity contribution in [1.82, 2.24) is 24.8 Å². The van der Waals surface area contributed by atoms with Crippen molar-refractivity contribution < 1.29 is 17.9 Å². The zero-order chi connectivity index (χ0) is 20.9. The van der Waals surface area contributed by atoms with E-state index in [1.807, 2.05) is 12.5 Å². The van der Waals surface area contributed by atoms with E-state index >= 15 is 0 Å². The maximum atomic E-state index is 13.0. The Morgan fingerprint density at radius 1 is 1.37 bits per heavy atom. The number of guanidine groups is 1. The molecule has 7 nitrogen and oxygen atoms in total. The number of likely N-dealkylation sites (tertiary alicyclic amines) is 1. The predicted octanol–water partition coefficient (Wildman–Crippen LogP) is 3.45. The second-order valence-electron chi connectivity index (χ2n) is 6.97. The van der Waals surface area contributed by atoms with Gasteiger partial charge in [0.25, 0.3) is 0 Å². The summed E-state index contributed by atoms with van der Waals surface area (Å²) in [5, 5.41) is 3.17. The Labute approximate surface area is 190 Å². The van der Waals surface area contributed by atoms with Crippen LogP contribution < -0.4 is 10.1 Å². The van der Waals surface area contributed by atoms with Gasteiger partial charge in [0.15, 0.2) is 5.96 Å². The minimum Gasteiger partial charge on any atom is -0.475 e. The molecule has 0 aromatic carbocycles. The van der Waals surface area contributed by atoms with Gasteiger partial charge in [0.05, 0.1) is 18.9 Å². The van der Waals surface area contributed by atoms with E-state index in [0.717, 1.165) is 25.6 Å². The fourth-order valence-electron chi connectivity index (χ4n) is 3.46. The summed E-state index contributed by atoms with van der Waals surface area (Å²) in [6, 6.07) is 2.48. The number of aliphatic imine (C=N–C) groups is 1. The van der Waals surface area contributed by atoms with Crippen molar-refractivity contribution in [3.05, 3.63) is 42.6 Å². The number of hydrogen-bond acceptors (Lipinski definition) is 4. The van der Waals surface area contributed by atoms with Crippen LogP contribution in [0.3, 0.4) is 0 Å². The average Bonchev–Trinajstić information content (AvgIpc) is 3.23. The summed E-state index contributed by atoms with van der Waals surface area (Å²) < 4.78 is 46.4. The first-order valence-corrected chi connectivity index (χ1v) is 9.48. The lowest BCUT2D eigenvalue weighted by Gasteiger charge is -2.39. The van der Waals surface area contributed by atoms with Crippen LogP contribution in [0.1, 0.15) is 24.9 Å². The predicted molar refractivity (Wildman–Crippen MR) is 118 cm³/mol. The molecule has 0 saturated carbocycles. The van der Waals surface area contributed by atoms with Gasteiger partial charge in [0, 0.05) is 38.7 Å². The number of alkyl halides is 3. The SMILES string of the molecule is CN=C(NCCOc1ncccc1C(F)(F)F)N1CCC(C)C(n2ccnc2)C1.I. The standard InChI is InChI=1S/C19H25F3N6O.HI/c1-14-5-9-27(12-16(14)28-10-7-24-13-28)18(23-2)26-8-11-29-17-15(19(20,21)22)4-3-6-25-17;/h3-4,6-7,10,13-14,16H,5,8-9,11-12H2,1-2H3,(H,23,26);1H. The average molecular weight is 538 g/mol. The van der Waals surface area contributed by atoms with Crippen LogP contribution in [-0.4, -0.2) is 58.7 Å². The quantitative estimate of drug-likeness (QED) is 0.274. The molecular weight excluding hydrogens is 512 g/mol. The molecule has 3 rings (SSSR count). The minimum atomic E-state index is -4.50. The van der Waals surface area contributed by atoms with Crippen molar-refractivity contribution in [2.45, 2.75) is 25.6 Å². The number of nitrogens with zero attached hydrogens (tertiary/aromatic N) is 5. The van der Waals surface area contributed by atoms with Crippen molar-refractivity contribution in [3.63, 3.8) is 0 Å². The number of pyridine rings is 1. The van der Waals surface area contributed by atoms with Crippen molar-refractivity contribution >= 4 is 29.9 Å². The molecule has 1 aliphatic rings. The molecule has 2 aromatic heterocycles. The topological polar surface area (TPSA) is 67.6 Å². The summed E-state index contributed by atoms with van der Waals surface area (Å²) in [5.74, 6) is 0.790. The van der Waals surface area contributed by atoms with Crippen LogP contribution in [0, 0.1) is 5.92 Å². The molecule has 2 aromatic rings. The molecule has 0 radical (unpaired) electrons. The van der Waals surface area contributed by atoms with Gasteiger partial charge in [-0.2, -0.15) is 13.2 Å². The van der Waals surface area contributed by atoms with E-state index in [0.29, 0.717) is 18.4 Å². The first-order valence-electron chi connectivity index (χ1n) is 9.48. The number of rotatable bonds is 5. The molecule has 30 heavy (non-hydrogen) atoms. The Hall–Kier alpha value is -2.05. The van der Waals surface area contributed by atoms with Crippen LogP contribution in [0.25, 0.3) is 0 Å². The molecule has 1 aliphatic heterocycles. The Morgan fingerprint density at radius 3 is 2.83 bits per heavy atom. The lowest BCUT2D eigenvalue weighted by atomic mass is 9.93. The largest absolute Gasteiger partial charge is 0.475 e. The first kappa shape index (κ1) is 24.2. The van der Waals surface area contributed by atoms with Crippen LogP contribution in [0.2, 0.25) is 0 Å². The second-order valence-corrected chi connectivity index (χ2v) is 6.97. The molecule has 0 bridgehead atoms. The van der Waals surface area contributed by atoms with E-state index in [4.69, 9.17) is 4.74 Å². The van der Waals surface area contributed by atoms with Gasteiger partial charge in [-0.15, -0.1) is 24.0 Å². The third-order valence-electron chi connectivity index (χ3n) is 5.04. The highest BCUT2D eigenvalue weighted by atomic mass is 127. The smallest absolute Gasteiger partial charge is 0.421 e. The number of ether oxygens (including phenoxy) is 1. The van der Waals surface area contributed by atoms with Gasteiger partial charge in [-0.3, -0.25) is 4.99 Å². The fourth-order valence-corrected chi connectivity index (χ4v) is 3.46. The number of hydrogen-bond donors (Lipinski definition) is 1. The highest BCUT2D eigenvalue weighted by Gasteiger charge is 2.35. The number of nitrogens with one attached hydrogen (secondary N) is 1. The summed E-state index contributed by atoms with van der Waals surface area (Å²) >= 11 is 0. The highest BCUT2D eigenvalue weighted by molar-refractivity contribution is 14.0. The van der Waals surface area contributed by atoms with Gasteiger partial charge in [-0.25, -0.2) is 9.97 Å². The first-order chi connectivity index (χ1) is 13.9. The zero-order valence-corrected chi connectivity index (χ0v) is 19.2. The van der Waals surface area contributed by atoms with Crippen LogP contribution in [0.15, 0.2) is 42.0 Å². The third-order valence-corrected chi connectivity index (χ3v) is 5.04. The number of aromatic nitrogens is 3. The molecule has 11 heteroatoms. The molecule has 3 heterocycles. The molecule has 2 unspecified atom stereocenters. The monoisotopic (exact) mass is 538 g/mol. The summed E-state index contributed by atoms with van der Waals surface area (Å²) in [6.45, 7) is 4.19. The van der Waals surface area contributed by atoms with Gasteiger partial charge in [-0.05, 0) is 24.5 Å². The van der Waals surface area contributed by atoms with Gasteiger partial charge in [-0.1, -0.05) is 6.92 Å². The van der Waals surface area contributed by atoms with E-state index in [-0.39, 0.29) is 36.6 Å². The molecule has 1 fully saturated rings. The Bertz CT molecular complexity index is 815. The summed E-state index contributed by atoms with van der Waals surface area (Å²) in [7, 11) is 1.69. The third kappa shape index (κ3) is 5.99. The van der Waals surface area contributed by atoms with Crippen LogP contribution in [0.4, 0.5) is 13.2 Å². The second kappa shape index (κ2) is 10.8. The van der Waals surface area contributed by atoms with E-state index in [1.54, 1.807) is 13.2 Å². The van der Waals surface area contributed by atoms with Gasteiger partial charge in [0.2, 0.25) is 5.88 Å². The van der Waals surface area contributed by atoms with E-state index < -0.39 is 17.6 Å². The Kier molecular flexibility index (Phi) is 8.74. The number of halogens is 4. The van der Waals surface area contributed by atoms with Gasteiger partial charge >= 0.3 is 6.18 Å². The van der Waals surface area contributed by atoms with Crippen LogP contribution in [0.5, 0.6) is 5.88 Å². The molecule has 0 aliphatic carbocycles. The Morgan fingerprint density at radius 2 is 2.17 bits per heavy atom. The van der Waals surface area contributed by atoms with Crippen molar-refractivity contribution in [2.75, 3.05) is 33.3 Å². The lowest BCUT2D eigenvalue weighted by Crippen LogP contribution is -2.49. The molecule has 0 amide bonds. The maximum Gasteiger partial charge on any atom is 0.421 e. The van der Waals surface area contributed by atoms with Gasteiger partial charge < -0.3 is 19.5 Å². The molecule has 2 atom stereocenters. The molecule has 166 valence electrons. The minimum absolute atomic E-state index is 0. The molecule has 1 saturated heterocycles. The highest BCUT2D eigenvalue weighted by Crippen LogP contribution is 2.34. The van der Waals surface area contributed by atoms with E-state index in [1.165, 1.54) is 12.3 Å².